The maximum Gasteiger partial charge on any atom is 0.141 e. The molecule has 2 bridgehead atoms. The van der Waals surface area contributed by atoms with Crippen LogP contribution in [0, 0.1) is 17.2 Å². The van der Waals surface area contributed by atoms with Gasteiger partial charge in [-0.25, -0.2) is 4.68 Å². The topological polar surface area (TPSA) is 93.7 Å². The van der Waals surface area contributed by atoms with Gasteiger partial charge in [-0.15, -0.1) is 0 Å². The molecule has 0 amide bonds. The van der Waals surface area contributed by atoms with E-state index in [0.717, 1.165) is 43.8 Å². The van der Waals surface area contributed by atoms with E-state index in [4.69, 9.17) is 10.3 Å². The minimum absolute atomic E-state index is 0.0711. The van der Waals surface area contributed by atoms with E-state index in [-0.39, 0.29) is 5.54 Å². The van der Waals surface area contributed by atoms with Gasteiger partial charge in [-0.1, -0.05) is 5.16 Å². The Morgan fingerprint density at radius 3 is 2.71 bits per heavy atom. The first kappa shape index (κ1) is 11.4. The second-order valence-electron chi connectivity index (χ2n) is 6.72. The molecule has 0 aliphatic heterocycles. The average Bonchev–Trinajstić information content (AvgIpc) is 3.02. The van der Waals surface area contributed by atoms with E-state index >= 15 is 0 Å². The van der Waals surface area contributed by atoms with E-state index in [1.807, 2.05) is 10.7 Å². The van der Waals surface area contributed by atoms with Gasteiger partial charge >= 0.3 is 0 Å². The van der Waals surface area contributed by atoms with Gasteiger partial charge in [-0.2, -0.15) is 10.4 Å². The molecule has 6 heteroatoms. The molecule has 0 saturated heterocycles. The van der Waals surface area contributed by atoms with Crippen LogP contribution in [0.5, 0.6) is 0 Å². The van der Waals surface area contributed by atoms with Crippen LogP contribution in [0.1, 0.15) is 49.3 Å². The number of nitriles is 1. The summed E-state index contributed by atoms with van der Waals surface area (Å²) in [6.45, 7) is 0. The zero-order chi connectivity index (χ0) is 14.2. The van der Waals surface area contributed by atoms with Crippen molar-refractivity contribution in [1.29, 1.82) is 5.26 Å². The highest BCUT2D eigenvalue weighted by atomic mass is 16.5. The predicted molar refractivity (Wildman–Crippen MR) is 74.1 cm³/mol. The number of hydrogen-bond donors (Lipinski definition) is 1. The van der Waals surface area contributed by atoms with Gasteiger partial charge < -0.3 is 10.3 Å². The molecule has 2 aromatic heterocycles. The Morgan fingerprint density at radius 2 is 2.14 bits per heavy atom. The monoisotopic (exact) mass is 281 g/mol. The highest BCUT2D eigenvalue weighted by Crippen LogP contribution is 2.63. The van der Waals surface area contributed by atoms with E-state index in [1.54, 1.807) is 0 Å². The Balaban J connectivity index is 1.61. The largest absolute Gasteiger partial charge is 0.383 e. The molecule has 0 atom stereocenters. The van der Waals surface area contributed by atoms with E-state index in [0.29, 0.717) is 28.7 Å². The fourth-order valence-corrected chi connectivity index (χ4v) is 3.74. The zero-order valence-electron chi connectivity index (χ0n) is 11.5. The highest BCUT2D eigenvalue weighted by Gasteiger charge is 2.59. The average molecular weight is 281 g/mol. The van der Waals surface area contributed by atoms with Gasteiger partial charge in [0.1, 0.15) is 34.6 Å². The molecular formula is C15H15N5O. The van der Waals surface area contributed by atoms with Gasteiger partial charge in [0, 0.05) is 12.0 Å². The molecule has 0 radical (unpaired) electrons. The number of nitrogen functional groups attached to an aromatic ring is 1. The molecule has 2 aromatic rings. The molecule has 21 heavy (non-hydrogen) atoms. The predicted octanol–water partition coefficient (Wildman–Crippen LogP) is 2.38. The van der Waals surface area contributed by atoms with Crippen LogP contribution in [-0.4, -0.2) is 14.9 Å². The lowest BCUT2D eigenvalue weighted by molar-refractivity contribution is -0.0958. The fourth-order valence-electron chi connectivity index (χ4n) is 3.74. The molecule has 4 saturated carbocycles. The maximum atomic E-state index is 9.43. The van der Waals surface area contributed by atoms with Crippen molar-refractivity contribution >= 4 is 5.82 Å². The van der Waals surface area contributed by atoms with Gasteiger partial charge in [0.2, 0.25) is 0 Å². The van der Waals surface area contributed by atoms with Crippen LogP contribution in [0.15, 0.2) is 10.6 Å². The molecule has 4 fully saturated rings. The van der Waals surface area contributed by atoms with Crippen molar-refractivity contribution in [3.8, 4) is 17.5 Å². The van der Waals surface area contributed by atoms with Crippen LogP contribution in [0.4, 0.5) is 5.82 Å². The summed E-state index contributed by atoms with van der Waals surface area (Å²) in [6, 6.07) is 4.09. The van der Waals surface area contributed by atoms with Crippen LogP contribution in [0.3, 0.4) is 0 Å². The lowest BCUT2D eigenvalue weighted by atomic mass is 9.50. The summed E-state index contributed by atoms with van der Waals surface area (Å²) in [5.41, 5.74) is 7.86. The molecule has 0 spiro atoms. The third-order valence-corrected chi connectivity index (χ3v) is 5.24. The molecule has 0 aromatic carbocycles. The molecule has 6 rings (SSSR count). The number of hydrogen-bond acceptors (Lipinski definition) is 5. The standard InChI is InChI=1S/C15H15N5O/c16-7-10-13(11-3-12(21-19-11)9-1-2-9)18-20(14(10)17)15-4-8(5-15)6-15/h3,8-9H,1-2,4-6,17H2. The summed E-state index contributed by atoms with van der Waals surface area (Å²) in [5, 5.41) is 18.1. The van der Waals surface area contributed by atoms with Crippen molar-refractivity contribution in [2.75, 3.05) is 5.73 Å². The first-order chi connectivity index (χ1) is 10.2. The molecule has 2 N–H and O–H groups in total. The minimum Gasteiger partial charge on any atom is -0.383 e. The molecule has 106 valence electrons. The smallest absolute Gasteiger partial charge is 0.141 e. The van der Waals surface area contributed by atoms with E-state index in [2.05, 4.69) is 16.3 Å². The van der Waals surface area contributed by atoms with Crippen LogP contribution in [0.2, 0.25) is 0 Å². The van der Waals surface area contributed by atoms with Crippen molar-refractivity contribution in [2.24, 2.45) is 5.92 Å². The van der Waals surface area contributed by atoms with Crippen LogP contribution in [-0.2, 0) is 5.54 Å². The van der Waals surface area contributed by atoms with Crippen LogP contribution < -0.4 is 5.73 Å². The van der Waals surface area contributed by atoms with Crippen LogP contribution >= 0.6 is 0 Å². The summed E-state index contributed by atoms with van der Waals surface area (Å²) in [4.78, 5) is 0. The Morgan fingerprint density at radius 1 is 1.38 bits per heavy atom. The van der Waals surface area contributed by atoms with E-state index in [9.17, 15) is 5.26 Å². The first-order valence-electron chi connectivity index (χ1n) is 7.46. The van der Waals surface area contributed by atoms with E-state index in [1.165, 1.54) is 0 Å². The zero-order valence-corrected chi connectivity index (χ0v) is 11.5. The normalized spacial score (nSPS) is 29.6. The van der Waals surface area contributed by atoms with Gasteiger partial charge in [0.25, 0.3) is 0 Å². The van der Waals surface area contributed by atoms with Gasteiger partial charge in [0.15, 0.2) is 0 Å². The Kier molecular flexibility index (Phi) is 1.88. The second-order valence-corrected chi connectivity index (χ2v) is 6.72. The summed E-state index contributed by atoms with van der Waals surface area (Å²) in [6.07, 6.45) is 5.71. The van der Waals surface area contributed by atoms with Crippen LogP contribution in [0.25, 0.3) is 11.4 Å². The third-order valence-electron chi connectivity index (χ3n) is 5.24. The highest BCUT2D eigenvalue weighted by molar-refractivity contribution is 5.70. The van der Waals surface area contributed by atoms with Crippen molar-refractivity contribution in [3.63, 3.8) is 0 Å². The van der Waals surface area contributed by atoms with Crippen molar-refractivity contribution in [1.82, 2.24) is 14.9 Å². The summed E-state index contributed by atoms with van der Waals surface area (Å²) in [7, 11) is 0. The number of nitrogens with two attached hydrogens (primary N) is 1. The molecule has 0 unspecified atom stereocenters. The second kappa shape index (κ2) is 3.48. The lowest BCUT2D eigenvalue weighted by Gasteiger charge is -2.61. The maximum absolute atomic E-state index is 9.43. The number of rotatable bonds is 3. The summed E-state index contributed by atoms with van der Waals surface area (Å²) < 4.78 is 7.25. The number of anilines is 1. The molecular weight excluding hydrogens is 266 g/mol. The Bertz CT molecular complexity index is 775. The fraction of sp³-hybridized carbons (Fsp3) is 0.533. The Hall–Kier alpha value is -2.29. The number of aromatic nitrogens is 3. The van der Waals surface area contributed by atoms with Gasteiger partial charge in [-0.05, 0) is 38.0 Å². The third kappa shape index (κ3) is 1.36. The van der Waals surface area contributed by atoms with Crippen molar-refractivity contribution in [3.05, 3.63) is 17.4 Å². The molecule has 4 aliphatic carbocycles. The van der Waals surface area contributed by atoms with Crippen molar-refractivity contribution in [2.45, 2.75) is 43.6 Å². The Labute approximate surface area is 121 Å². The van der Waals surface area contributed by atoms with E-state index < -0.39 is 0 Å². The number of nitrogens with zero attached hydrogens (tertiary/aromatic N) is 4. The summed E-state index contributed by atoms with van der Waals surface area (Å²) in [5.74, 6) is 2.69. The van der Waals surface area contributed by atoms with Gasteiger partial charge in [-0.3, -0.25) is 0 Å². The lowest BCUT2D eigenvalue weighted by Crippen LogP contribution is -2.59. The molecule has 4 aliphatic rings. The first-order valence-corrected chi connectivity index (χ1v) is 7.46. The molecule has 2 heterocycles. The quantitative estimate of drug-likeness (QED) is 0.932. The minimum atomic E-state index is 0.0711. The SMILES string of the molecule is N#Cc1c(-c2cc(C3CC3)on2)nn(C23CC(C2)C3)c1N. The summed E-state index contributed by atoms with van der Waals surface area (Å²) >= 11 is 0. The van der Waals surface area contributed by atoms with Crippen molar-refractivity contribution < 1.29 is 4.52 Å². The molecule has 6 nitrogen and oxygen atoms in total. The van der Waals surface area contributed by atoms with Gasteiger partial charge in [0.05, 0.1) is 5.54 Å².